The van der Waals surface area contributed by atoms with E-state index in [0.717, 1.165) is 5.56 Å². The van der Waals surface area contributed by atoms with Crippen molar-refractivity contribution in [3.8, 4) is 11.5 Å². The lowest BCUT2D eigenvalue weighted by Crippen LogP contribution is -2.47. The minimum absolute atomic E-state index is 0.216. The zero-order chi connectivity index (χ0) is 25.3. The summed E-state index contributed by atoms with van der Waals surface area (Å²) in [6.45, 7) is 4.74. The fourth-order valence-corrected chi connectivity index (χ4v) is 2.87. The number of nitrogens with one attached hydrogen (secondary N) is 3. The van der Waals surface area contributed by atoms with Gasteiger partial charge in [0.1, 0.15) is 6.04 Å². The summed E-state index contributed by atoms with van der Waals surface area (Å²) in [6.07, 6.45) is 0. The first kappa shape index (κ1) is 26.2. The van der Waals surface area contributed by atoms with Crippen LogP contribution < -0.4 is 25.6 Å². The lowest BCUT2D eigenvalue weighted by atomic mass is 10.0. The molecule has 2 aromatic carbocycles. The van der Waals surface area contributed by atoms with Crippen molar-refractivity contribution in [2.45, 2.75) is 26.8 Å². The summed E-state index contributed by atoms with van der Waals surface area (Å²) in [5.74, 6) is -2.04. The molecule has 34 heavy (non-hydrogen) atoms. The second-order valence-corrected chi connectivity index (χ2v) is 7.74. The minimum Gasteiger partial charge on any atom is -0.493 e. The van der Waals surface area contributed by atoms with Gasteiger partial charge in [0.15, 0.2) is 18.1 Å². The number of methoxy groups -OCH3 is 2. The van der Waals surface area contributed by atoms with Gasteiger partial charge in [0.25, 0.3) is 17.7 Å². The number of hydrogen-bond acceptors (Lipinski definition) is 7. The molecule has 2 rings (SSSR count). The van der Waals surface area contributed by atoms with E-state index in [0.29, 0.717) is 17.1 Å². The standard InChI is InChI=1S/C24H29N3O7/c1-14(2)21(25-22(29)16-8-6-15(3)7-9-16)24(31)34-13-20(28)26-27-23(30)17-10-11-18(32-4)19(12-17)33-5/h6-12,14,21H,13H2,1-5H3,(H,25,29)(H,26,28)(H,27,30)/t21-/m0/s1. The number of benzene rings is 2. The highest BCUT2D eigenvalue weighted by atomic mass is 16.5. The third kappa shape index (κ3) is 7.22. The Kier molecular flexibility index (Phi) is 9.42. The minimum atomic E-state index is -0.956. The fraction of sp³-hybridized carbons (Fsp3) is 0.333. The Balaban J connectivity index is 1.87. The Bertz CT molecular complexity index is 1040. The first-order chi connectivity index (χ1) is 16.2. The highest BCUT2D eigenvalue weighted by Crippen LogP contribution is 2.27. The van der Waals surface area contributed by atoms with E-state index in [1.807, 2.05) is 6.92 Å². The van der Waals surface area contributed by atoms with Gasteiger partial charge in [-0.25, -0.2) is 4.79 Å². The number of carbonyl (C=O) groups is 4. The summed E-state index contributed by atoms with van der Waals surface area (Å²) in [5.41, 5.74) is 6.01. The number of aryl methyl sites for hydroxylation is 1. The average molecular weight is 472 g/mol. The first-order valence-corrected chi connectivity index (χ1v) is 10.5. The molecule has 0 aromatic heterocycles. The molecular formula is C24H29N3O7. The number of ether oxygens (including phenoxy) is 3. The maximum absolute atomic E-state index is 12.5. The van der Waals surface area contributed by atoms with E-state index in [-0.39, 0.29) is 11.5 Å². The Morgan fingerprint density at radius 3 is 2.03 bits per heavy atom. The average Bonchev–Trinajstić information content (AvgIpc) is 2.83. The van der Waals surface area contributed by atoms with Gasteiger partial charge in [0.2, 0.25) is 0 Å². The van der Waals surface area contributed by atoms with E-state index >= 15 is 0 Å². The third-order valence-electron chi connectivity index (χ3n) is 4.83. The molecule has 0 bridgehead atoms. The summed E-state index contributed by atoms with van der Waals surface area (Å²) < 4.78 is 15.3. The van der Waals surface area contributed by atoms with Crippen molar-refractivity contribution < 1.29 is 33.4 Å². The van der Waals surface area contributed by atoms with Gasteiger partial charge in [0, 0.05) is 11.1 Å². The van der Waals surface area contributed by atoms with Crippen LogP contribution in [0.2, 0.25) is 0 Å². The quantitative estimate of drug-likeness (QED) is 0.375. The van der Waals surface area contributed by atoms with Crippen LogP contribution in [0.25, 0.3) is 0 Å². The molecule has 3 amide bonds. The van der Waals surface area contributed by atoms with Gasteiger partial charge in [-0.05, 0) is 43.2 Å². The SMILES string of the molecule is COc1ccc(C(=O)NNC(=O)COC(=O)[C@@H](NC(=O)c2ccc(C)cc2)C(C)C)cc1OC. The maximum Gasteiger partial charge on any atom is 0.329 e. The second kappa shape index (κ2) is 12.2. The summed E-state index contributed by atoms with van der Waals surface area (Å²) >= 11 is 0. The topological polar surface area (TPSA) is 132 Å². The largest absolute Gasteiger partial charge is 0.493 e. The lowest BCUT2D eigenvalue weighted by Gasteiger charge is -2.21. The zero-order valence-electron chi connectivity index (χ0n) is 19.8. The molecule has 182 valence electrons. The third-order valence-corrected chi connectivity index (χ3v) is 4.83. The molecule has 0 fully saturated rings. The molecule has 2 aromatic rings. The van der Waals surface area contributed by atoms with Crippen molar-refractivity contribution >= 4 is 23.7 Å². The van der Waals surface area contributed by atoms with Gasteiger partial charge in [-0.15, -0.1) is 0 Å². The van der Waals surface area contributed by atoms with Gasteiger partial charge in [-0.2, -0.15) is 0 Å². The number of hydrogen-bond donors (Lipinski definition) is 3. The Labute approximate surface area is 197 Å². The highest BCUT2D eigenvalue weighted by molar-refractivity contribution is 5.97. The molecule has 0 radical (unpaired) electrons. The second-order valence-electron chi connectivity index (χ2n) is 7.74. The molecule has 10 heteroatoms. The van der Waals surface area contributed by atoms with Crippen LogP contribution in [0.4, 0.5) is 0 Å². The van der Waals surface area contributed by atoms with Crippen LogP contribution in [0.5, 0.6) is 11.5 Å². The van der Waals surface area contributed by atoms with E-state index < -0.39 is 36.3 Å². The monoisotopic (exact) mass is 471 g/mol. The van der Waals surface area contributed by atoms with Crippen molar-refractivity contribution in [2.75, 3.05) is 20.8 Å². The number of carbonyl (C=O) groups excluding carboxylic acids is 4. The number of hydrazine groups is 1. The van der Waals surface area contributed by atoms with E-state index in [1.165, 1.54) is 26.4 Å². The van der Waals surface area contributed by atoms with Crippen molar-refractivity contribution in [2.24, 2.45) is 5.92 Å². The first-order valence-electron chi connectivity index (χ1n) is 10.5. The number of esters is 1. The summed E-state index contributed by atoms with van der Waals surface area (Å²) in [5, 5.41) is 2.63. The molecule has 0 aliphatic heterocycles. The normalized spacial score (nSPS) is 11.2. The molecule has 0 heterocycles. The van der Waals surface area contributed by atoms with Crippen molar-refractivity contribution in [1.29, 1.82) is 0 Å². The van der Waals surface area contributed by atoms with E-state index in [4.69, 9.17) is 14.2 Å². The van der Waals surface area contributed by atoms with Crippen LogP contribution in [0, 0.1) is 12.8 Å². The van der Waals surface area contributed by atoms with Gasteiger partial charge in [-0.1, -0.05) is 31.5 Å². The molecule has 0 aliphatic rings. The van der Waals surface area contributed by atoms with Crippen LogP contribution in [0.3, 0.4) is 0 Å². The Morgan fingerprint density at radius 1 is 0.824 bits per heavy atom. The molecule has 10 nitrogen and oxygen atoms in total. The molecule has 0 saturated carbocycles. The molecule has 0 spiro atoms. The fourth-order valence-electron chi connectivity index (χ4n) is 2.87. The Morgan fingerprint density at radius 2 is 1.44 bits per heavy atom. The molecule has 0 aliphatic carbocycles. The molecule has 3 N–H and O–H groups in total. The predicted octanol–water partition coefficient (Wildman–Crippen LogP) is 1.77. The van der Waals surface area contributed by atoms with Crippen LogP contribution in [0.15, 0.2) is 42.5 Å². The summed E-state index contributed by atoms with van der Waals surface area (Å²) in [6, 6.07) is 10.4. The smallest absolute Gasteiger partial charge is 0.329 e. The van der Waals surface area contributed by atoms with Crippen molar-refractivity contribution in [3.63, 3.8) is 0 Å². The van der Waals surface area contributed by atoms with Gasteiger partial charge in [-0.3, -0.25) is 25.2 Å². The summed E-state index contributed by atoms with van der Waals surface area (Å²) in [4.78, 5) is 49.2. The highest BCUT2D eigenvalue weighted by Gasteiger charge is 2.27. The predicted molar refractivity (Wildman–Crippen MR) is 123 cm³/mol. The molecule has 0 saturated heterocycles. The summed E-state index contributed by atoms with van der Waals surface area (Å²) in [7, 11) is 2.90. The van der Waals surface area contributed by atoms with Crippen LogP contribution >= 0.6 is 0 Å². The lowest BCUT2D eigenvalue weighted by molar-refractivity contribution is -0.151. The maximum atomic E-state index is 12.5. The van der Waals surface area contributed by atoms with E-state index in [2.05, 4.69) is 16.2 Å². The van der Waals surface area contributed by atoms with Crippen LogP contribution in [0.1, 0.15) is 40.1 Å². The Hall–Kier alpha value is -4.08. The van der Waals surface area contributed by atoms with E-state index in [1.54, 1.807) is 44.2 Å². The molecule has 1 atom stereocenters. The molecular weight excluding hydrogens is 442 g/mol. The van der Waals surface area contributed by atoms with Gasteiger partial charge >= 0.3 is 5.97 Å². The van der Waals surface area contributed by atoms with Crippen LogP contribution in [-0.4, -0.2) is 50.6 Å². The number of rotatable bonds is 9. The molecule has 0 unspecified atom stereocenters. The number of amides is 3. The zero-order valence-corrected chi connectivity index (χ0v) is 19.8. The van der Waals surface area contributed by atoms with Crippen LogP contribution in [-0.2, 0) is 14.3 Å². The van der Waals surface area contributed by atoms with Crippen molar-refractivity contribution in [1.82, 2.24) is 16.2 Å². The van der Waals surface area contributed by atoms with Crippen molar-refractivity contribution in [3.05, 3.63) is 59.2 Å². The van der Waals surface area contributed by atoms with Gasteiger partial charge < -0.3 is 19.5 Å². The van der Waals surface area contributed by atoms with E-state index in [9.17, 15) is 19.2 Å². The van der Waals surface area contributed by atoms with Gasteiger partial charge in [0.05, 0.1) is 14.2 Å².